The highest BCUT2D eigenvalue weighted by atomic mass is 32.2. The number of hydrogen-bond donors (Lipinski definition) is 2. The molecule has 1 aliphatic heterocycles. The van der Waals surface area contributed by atoms with Crippen LogP contribution in [0.1, 0.15) is 31.2 Å². The summed E-state index contributed by atoms with van der Waals surface area (Å²) >= 11 is 0. The summed E-state index contributed by atoms with van der Waals surface area (Å²) in [6.07, 6.45) is 3.27. The van der Waals surface area contributed by atoms with Crippen molar-refractivity contribution in [2.24, 2.45) is 5.73 Å². The maximum absolute atomic E-state index is 12.6. The van der Waals surface area contributed by atoms with Crippen molar-refractivity contribution in [1.82, 2.24) is 4.72 Å². The lowest BCUT2D eigenvalue weighted by Crippen LogP contribution is -2.40. The van der Waals surface area contributed by atoms with Crippen LogP contribution in [0.2, 0.25) is 0 Å². The summed E-state index contributed by atoms with van der Waals surface area (Å²) in [5, 5.41) is 0. The highest BCUT2D eigenvalue weighted by molar-refractivity contribution is 7.89. The lowest BCUT2D eigenvalue weighted by Gasteiger charge is -2.26. The molecule has 1 fully saturated rings. The third-order valence-corrected chi connectivity index (χ3v) is 5.72. The summed E-state index contributed by atoms with van der Waals surface area (Å²) in [4.78, 5) is 0.252. The summed E-state index contributed by atoms with van der Waals surface area (Å²) in [7, 11) is -3.56. The molecule has 1 saturated carbocycles. The third-order valence-electron chi connectivity index (χ3n) is 4.05. The normalized spacial score (nSPS) is 25.0. The molecule has 7 heteroatoms. The Labute approximate surface area is 124 Å². The number of fused-ring (bicyclic) bond motifs is 1. The summed E-state index contributed by atoms with van der Waals surface area (Å²) in [5.41, 5.74) is 6.50. The maximum Gasteiger partial charge on any atom is 0.241 e. The lowest BCUT2D eigenvalue weighted by atomic mass is 9.93. The minimum atomic E-state index is -3.56. The molecular weight excluding hydrogens is 292 g/mol. The summed E-state index contributed by atoms with van der Waals surface area (Å²) in [6.45, 7) is 1.89. The van der Waals surface area contributed by atoms with E-state index >= 15 is 0 Å². The van der Waals surface area contributed by atoms with Crippen molar-refractivity contribution in [1.29, 1.82) is 0 Å². The van der Waals surface area contributed by atoms with E-state index in [0.29, 0.717) is 17.1 Å². The Balaban J connectivity index is 1.82. The first-order chi connectivity index (χ1) is 9.95. The van der Waals surface area contributed by atoms with E-state index in [9.17, 15) is 8.42 Å². The predicted octanol–water partition coefficient (Wildman–Crippen LogP) is 1.27. The first-order valence-corrected chi connectivity index (χ1v) is 8.62. The Bertz CT molecular complexity index is 637. The Hall–Kier alpha value is -1.31. The van der Waals surface area contributed by atoms with Crippen LogP contribution in [0.25, 0.3) is 0 Å². The second kappa shape index (κ2) is 5.47. The molecule has 0 bridgehead atoms. The molecule has 0 amide bonds. The van der Waals surface area contributed by atoms with Gasteiger partial charge in [0.1, 0.15) is 0 Å². The minimum absolute atomic E-state index is 0.0420. The van der Waals surface area contributed by atoms with Crippen molar-refractivity contribution in [2.75, 3.05) is 6.79 Å². The monoisotopic (exact) mass is 312 g/mol. The molecule has 0 aromatic heterocycles. The second-order valence-corrected chi connectivity index (χ2v) is 7.39. The van der Waals surface area contributed by atoms with E-state index in [2.05, 4.69) is 4.72 Å². The van der Waals surface area contributed by atoms with Gasteiger partial charge in [-0.15, -0.1) is 0 Å². The van der Waals surface area contributed by atoms with Crippen LogP contribution < -0.4 is 19.9 Å². The van der Waals surface area contributed by atoms with Gasteiger partial charge in [0, 0.05) is 18.2 Å². The number of benzene rings is 1. The number of rotatable bonds is 3. The van der Waals surface area contributed by atoms with E-state index in [1.165, 1.54) is 6.07 Å². The van der Waals surface area contributed by atoms with Crippen LogP contribution in [0.5, 0.6) is 11.5 Å². The van der Waals surface area contributed by atoms with Gasteiger partial charge in [0.25, 0.3) is 0 Å². The molecule has 0 atom stereocenters. The Kier molecular flexibility index (Phi) is 3.81. The van der Waals surface area contributed by atoms with E-state index in [4.69, 9.17) is 15.2 Å². The third kappa shape index (κ3) is 3.00. The Morgan fingerprint density at radius 2 is 1.76 bits per heavy atom. The average Bonchev–Trinajstić information content (AvgIpc) is 2.87. The van der Waals surface area contributed by atoms with E-state index < -0.39 is 10.0 Å². The molecule has 21 heavy (non-hydrogen) atoms. The van der Waals surface area contributed by atoms with Gasteiger partial charge in [-0.05, 0) is 44.2 Å². The quantitative estimate of drug-likeness (QED) is 0.877. The van der Waals surface area contributed by atoms with E-state index in [-0.39, 0.29) is 23.8 Å². The zero-order valence-corrected chi connectivity index (χ0v) is 12.8. The van der Waals surface area contributed by atoms with Gasteiger partial charge in [-0.25, -0.2) is 13.1 Å². The summed E-state index contributed by atoms with van der Waals surface area (Å²) in [6, 6.07) is 3.39. The molecule has 116 valence electrons. The first kappa shape index (κ1) is 14.6. The molecule has 1 aromatic rings. The van der Waals surface area contributed by atoms with Gasteiger partial charge in [0.15, 0.2) is 11.5 Å². The molecule has 2 aliphatic rings. The minimum Gasteiger partial charge on any atom is -0.454 e. The van der Waals surface area contributed by atoms with Crippen LogP contribution in [-0.4, -0.2) is 27.3 Å². The Morgan fingerprint density at radius 1 is 1.14 bits per heavy atom. The van der Waals surface area contributed by atoms with Gasteiger partial charge < -0.3 is 15.2 Å². The zero-order valence-electron chi connectivity index (χ0n) is 12.0. The lowest BCUT2D eigenvalue weighted by molar-refractivity contribution is 0.174. The number of nitrogens with one attached hydrogen (secondary N) is 1. The standard InChI is InChI=1S/C14H20N2O4S/c1-9-6-12-13(20-8-19-12)7-14(9)21(17,18)16-11-4-2-10(15)3-5-11/h6-7,10-11,16H,2-5,8,15H2,1H3. The van der Waals surface area contributed by atoms with Crippen LogP contribution >= 0.6 is 0 Å². The van der Waals surface area contributed by atoms with Gasteiger partial charge >= 0.3 is 0 Å². The van der Waals surface area contributed by atoms with Crippen LogP contribution in [0.4, 0.5) is 0 Å². The number of nitrogens with two attached hydrogens (primary N) is 1. The molecule has 0 radical (unpaired) electrons. The fourth-order valence-corrected chi connectivity index (χ4v) is 4.38. The number of hydrogen-bond acceptors (Lipinski definition) is 5. The summed E-state index contributed by atoms with van der Waals surface area (Å²) < 4.78 is 38.4. The largest absolute Gasteiger partial charge is 0.454 e. The second-order valence-electron chi connectivity index (χ2n) is 5.70. The average molecular weight is 312 g/mol. The van der Waals surface area contributed by atoms with Crippen molar-refractivity contribution in [3.63, 3.8) is 0 Å². The van der Waals surface area contributed by atoms with Crippen LogP contribution in [0.3, 0.4) is 0 Å². The molecule has 6 nitrogen and oxygen atoms in total. The van der Waals surface area contributed by atoms with Crippen molar-refractivity contribution in [3.05, 3.63) is 17.7 Å². The molecule has 1 aliphatic carbocycles. The maximum atomic E-state index is 12.6. The van der Waals surface area contributed by atoms with Crippen molar-refractivity contribution >= 4 is 10.0 Å². The molecule has 3 rings (SSSR count). The van der Waals surface area contributed by atoms with Gasteiger partial charge in [-0.1, -0.05) is 0 Å². The molecule has 0 saturated heterocycles. The molecule has 0 unspecified atom stereocenters. The van der Waals surface area contributed by atoms with Gasteiger partial charge in [0.05, 0.1) is 4.90 Å². The fraction of sp³-hybridized carbons (Fsp3) is 0.571. The molecule has 3 N–H and O–H groups in total. The molecule has 0 spiro atoms. The number of sulfonamides is 1. The molecule has 1 aromatic carbocycles. The van der Waals surface area contributed by atoms with Crippen LogP contribution in [0, 0.1) is 6.92 Å². The van der Waals surface area contributed by atoms with Crippen LogP contribution in [-0.2, 0) is 10.0 Å². The van der Waals surface area contributed by atoms with E-state index in [1.54, 1.807) is 13.0 Å². The van der Waals surface area contributed by atoms with Gasteiger partial charge in [-0.3, -0.25) is 0 Å². The van der Waals surface area contributed by atoms with Crippen molar-refractivity contribution in [3.8, 4) is 11.5 Å². The van der Waals surface area contributed by atoms with E-state index in [0.717, 1.165) is 25.7 Å². The zero-order chi connectivity index (χ0) is 15.0. The highest BCUT2D eigenvalue weighted by Crippen LogP contribution is 2.36. The molecule has 1 heterocycles. The SMILES string of the molecule is Cc1cc2c(cc1S(=O)(=O)NC1CCC(N)CC1)OCO2. The van der Waals surface area contributed by atoms with Crippen molar-refractivity contribution in [2.45, 2.75) is 49.6 Å². The topological polar surface area (TPSA) is 90.7 Å². The fourth-order valence-electron chi connectivity index (χ4n) is 2.83. The predicted molar refractivity (Wildman–Crippen MR) is 77.9 cm³/mol. The molecular formula is C14H20N2O4S. The van der Waals surface area contributed by atoms with Crippen molar-refractivity contribution < 1.29 is 17.9 Å². The highest BCUT2D eigenvalue weighted by Gasteiger charge is 2.27. The summed E-state index contributed by atoms with van der Waals surface area (Å²) in [5.74, 6) is 1.07. The van der Waals surface area contributed by atoms with Gasteiger partial charge in [-0.2, -0.15) is 0 Å². The Morgan fingerprint density at radius 3 is 2.43 bits per heavy atom. The van der Waals surface area contributed by atoms with E-state index in [1.807, 2.05) is 0 Å². The van der Waals surface area contributed by atoms with Gasteiger partial charge in [0.2, 0.25) is 16.8 Å². The smallest absolute Gasteiger partial charge is 0.241 e. The number of aryl methyl sites for hydroxylation is 1. The van der Waals surface area contributed by atoms with Crippen LogP contribution in [0.15, 0.2) is 17.0 Å². The number of ether oxygens (including phenoxy) is 2. The first-order valence-electron chi connectivity index (χ1n) is 7.14.